The standard InChI is InChI=1S/C55H40N6S/c1-3-4-16-35(2)52-59-53(36-17-6-5-7-18-36)61-54(60-52)43-24-13-28-47-51(43)62-50-40(39-31-48(37-19-14-29-56-33-37)58-49(32-39)38-20-15-30-57-34-38)23-12-27-46(50)55(47)44-25-10-8-21-41(44)42-22-9-11-26-45(42)55/h3,5-15,17-34,53H,1-2,4,16H2,(H,59,60,61). The molecule has 1 atom stereocenters. The highest BCUT2D eigenvalue weighted by atomic mass is 32.2. The molecule has 5 aromatic carbocycles. The summed E-state index contributed by atoms with van der Waals surface area (Å²) in [5.74, 6) is 1.42. The molecular formula is C55H40N6S. The number of pyridine rings is 3. The Morgan fingerprint density at radius 2 is 1.18 bits per heavy atom. The van der Waals surface area contributed by atoms with Gasteiger partial charge >= 0.3 is 0 Å². The van der Waals surface area contributed by atoms with Crippen molar-refractivity contribution in [2.45, 2.75) is 34.2 Å². The van der Waals surface area contributed by atoms with E-state index in [0.717, 1.165) is 73.9 Å². The lowest BCUT2D eigenvalue weighted by molar-refractivity contribution is 0.670. The van der Waals surface area contributed by atoms with Crippen LogP contribution in [0.15, 0.2) is 221 Å². The SMILES string of the molecule is C=CCCC(=C)C1=NC(c2cccc3c2Sc2c(-c4cc(-c5cccnc5)nc(-c5cccnc5)c4)cccc2C32c3ccccc3-c3ccccc32)=NC(c2ccccc2)N1. The number of fused-ring (bicyclic) bond motifs is 9. The molecule has 0 bridgehead atoms. The lowest BCUT2D eigenvalue weighted by Gasteiger charge is -2.41. The number of nitrogens with zero attached hydrogens (tertiary/aromatic N) is 5. The number of hydrogen-bond acceptors (Lipinski definition) is 7. The van der Waals surface area contributed by atoms with Crippen molar-refractivity contribution in [3.8, 4) is 44.8 Å². The highest BCUT2D eigenvalue weighted by Gasteiger charge is 2.51. The van der Waals surface area contributed by atoms with E-state index in [1.165, 1.54) is 38.3 Å². The number of hydrogen-bond donors (Lipinski definition) is 1. The van der Waals surface area contributed by atoms with Gasteiger partial charge in [0.1, 0.15) is 12.0 Å². The summed E-state index contributed by atoms with van der Waals surface area (Å²) in [6, 6.07) is 54.1. The molecule has 3 aromatic heterocycles. The van der Waals surface area contributed by atoms with Crippen LogP contribution in [0.3, 0.4) is 0 Å². The van der Waals surface area contributed by atoms with Gasteiger partial charge in [-0.15, -0.1) is 6.58 Å². The molecule has 11 rings (SSSR count). The predicted molar refractivity (Wildman–Crippen MR) is 252 cm³/mol. The maximum absolute atomic E-state index is 5.40. The van der Waals surface area contributed by atoms with Crippen LogP contribution in [0.2, 0.25) is 0 Å². The molecule has 3 aliphatic rings. The number of benzene rings is 5. The van der Waals surface area contributed by atoms with E-state index in [9.17, 15) is 0 Å². The minimum absolute atomic E-state index is 0.345. The summed E-state index contributed by atoms with van der Waals surface area (Å²) in [5, 5.41) is 3.62. The normalized spacial score (nSPS) is 15.3. The Labute approximate surface area is 365 Å². The molecular weight excluding hydrogens is 777 g/mol. The first-order valence-electron chi connectivity index (χ1n) is 20.9. The van der Waals surface area contributed by atoms with Gasteiger partial charge in [0.25, 0.3) is 0 Å². The van der Waals surface area contributed by atoms with Crippen LogP contribution in [-0.4, -0.2) is 26.6 Å². The second kappa shape index (κ2) is 15.5. The van der Waals surface area contributed by atoms with Gasteiger partial charge in [0.15, 0.2) is 5.84 Å². The monoisotopic (exact) mass is 816 g/mol. The molecule has 1 unspecified atom stereocenters. The number of rotatable bonds is 9. The van der Waals surface area contributed by atoms with Gasteiger partial charge in [0.05, 0.1) is 16.8 Å². The van der Waals surface area contributed by atoms with Gasteiger partial charge < -0.3 is 5.32 Å². The van der Waals surface area contributed by atoms with Crippen LogP contribution in [0.4, 0.5) is 0 Å². The van der Waals surface area contributed by atoms with Crippen molar-refractivity contribution in [1.82, 2.24) is 20.3 Å². The summed E-state index contributed by atoms with van der Waals surface area (Å²) in [6.07, 6.45) is 10.5. The fourth-order valence-electron chi connectivity index (χ4n) is 9.31. The van der Waals surface area contributed by atoms with E-state index in [0.29, 0.717) is 5.84 Å². The topological polar surface area (TPSA) is 75.4 Å². The fourth-order valence-corrected chi connectivity index (χ4v) is 10.7. The molecule has 1 N–H and O–H groups in total. The van der Waals surface area contributed by atoms with Crippen molar-refractivity contribution in [3.05, 3.63) is 235 Å². The molecule has 1 spiro atoms. The smallest absolute Gasteiger partial charge is 0.160 e. The Kier molecular flexibility index (Phi) is 9.39. The summed E-state index contributed by atoms with van der Waals surface area (Å²) in [5.41, 5.74) is 15.5. The van der Waals surface area contributed by atoms with Crippen LogP contribution in [0, 0.1) is 0 Å². The second-order valence-electron chi connectivity index (χ2n) is 15.7. The highest BCUT2D eigenvalue weighted by Crippen LogP contribution is 2.64. The average Bonchev–Trinajstić information content (AvgIpc) is 3.64. The third-order valence-corrected chi connectivity index (χ3v) is 13.4. The van der Waals surface area contributed by atoms with Crippen molar-refractivity contribution in [3.63, 3.8) is 0 Å². The molecule has 8 aromatic rings. The van der Waals surface area contributed by atoms with E-state index < -0.39 is 5.41 Å². The summed E-state index contributed by atoms with van der Waals surface area (Å²) < 4.78 is 0. The van der Waals surface area contributed by atoms with Crippen LogP contribution in [-0.2, 0) is 5.41 Å². The Morgan fingerprint density at radius 1 is 0.613 bits per heavy atom. The molecule has 2 aliphatic heterocycles. The van der Waals surface area contributed by atoms with Crippen LogP contribution in [0.25, 0.3) is 44.8 Å². The van der Waals surface area contributed by atoms with E-state index >= 15 is 0 Å². The summed E-state index contributed by atoms with van der Waals surface area (Å²) >= 11 is 1.81. The van der Waals surface area contributed by atoms with Crippen molar-refractivity contribution in [2.24, 2.45) is 9.98 Å². The van der Waals surface area contributed by atoms with Crippen molar-refractivity contribution < 1.29 is 0 Å². The Bertz CT molecular complexity index is 3020. The van der Waals surface area contributed by atoms with E-state index in [1.54, 1.807) is 24.2 Å². The maximum Gasteiger partial charge on any atom is 0.160 e. The van der Waals surface area contributed by atoms with E-state index in [-0.39, 0.29) is 6.17 Å². The van der Waals surface area contributed by atoms with Crippen LogP contribution in [0.1, 0.15) is 52.4 Å². The molecule has 5 heterocycles. The van der Waals surface area contributed by atoms with Crippen LogP contribution < -0.4 is 5.32 Å². The van der Waals surface area contributed by atoms with Gasteiger partial charge in [-0.2, -0.15) is 0 Å². The molecule has 7 heteroatoms. The molecule has 0 fully saturated rings. The summed E-state index contributed by atoms with van der Waals surface area (Å²) in [4.78, 5) is 27.1. The number of aliphatic imine (C=N–C) groups is 2. The summed E-state index contributed by atoms with van der Waals surface area (Å²) in [6.45, 7) is 8.45. The molecule has 0 saturated heterocycles. The second-order valence-corrected chi connectivity index (χ2v) is 16.7. The molecule has 1 aliphatic carbocycles. The zero-order valence-electron chi connectivity index (χ0n) is 33.9. The van der Waals surface area contributed by atoms with Gasteiger partial charge in [-0.05, 0) is 105 Å². The Morgan fingerprint density at radius 3 is 1.79 bits per heavy atom. The van der Waals surface area contributed by atoms with E-state index in [4.69, 9.17) is 15.0 Å². The zero-order valence-corrected chi connectivity index (χ0v) is 34.7. The first-order valence-corrected chi connectivity index (χ1v) is 21.7. The fraction of sp³-hybridized carbons (Fsp3) is 0.0727. The molecule has 62 heavy (non-hydrogen) atoms. The zero-order chi connectivity index (χ0) is 41.6. The third kappa shape index (κ3) is 6.15. The van der Waals surface area contributed by atoms with Gasteiger partial charge in [-0.25, -0.2) is 15.0 Å². The highest BCUT2D eigenvalue weighted by molar-refractivity contribution is 7.99. The van der Waals surface area contributed by atoms with E-state index in [1.807, 2.05) is 36.7 Å². The van der Waals surface area contributed by atoms with Crippen molar-refractivity contribution in [2.75, 3.05) is 0 Å². The minimum Gasteiger partial charge on any atom is -0.344 e. The lowest BCUT2D eigenvalue weighted by Crippen LogP contribution is -2.35. The molecule has 0 saturated carbocycles. The largest absolute Gasteiger partial charge is 0.344 e. The minimum atomic E-state index is -0.632. The van der Waals surface area contributed by atoms with Crippen molar-refractivity contribution in [1.29, 1.82) is 0 Å². The molecule has 0 amide bonds. The number of amidine groups is 2. The van der Waals surface area contributed by atoms with Gasteiger partial charge in [0.2, 0.25) is 0 Å². The van der Waals surface area contributed by atoms with E-state index in [2.05, 4.69) is 162 Å². The van der Waals surface area contributed by atoms with Gasteiger partial charge in [0, 0.05) is 51.3 Å². The van der Waals surface area contributed by atoms with Crippen molar-refractivity contribution >= 4 is 23.4 Å². The quantitative estimate of drug-likeness (QED) is 0.147. The molecule has 6 nitrogen and oxygen atoms in total. The lowest BCUT2D eigenvalue weighted by atomic mass is 9.66. The first kappa shape index (κ1) is 37.5. The van der Waals surface area contributed by atoms with Gasteiger partial charge in [-0.1, -0.05) is 140 Å². The number of aromatic nitrogens is 3. The summed E-state index contributed by atoms with van der Waals surface area (Å²) in [7, 11) is 0. The predicted octanol–water partition coefficient (Wildman–Crippen LogP) is 12.7. The Balaban J connectivity index is 1.19. The maximum atomic E-state index is 5.40. The average molecular weight is 817 g/mol. The molecule has 296 valence electrons. The third-order valence-electron chi connectivity index (χ3n) is 12.1. The van der Waals surface area contributed by atoms with Crippen LogP contribution >= 0.6 is 11.8 Å². The number of allylic oxidation sites excluding steroid dienone is 1. The molecule has 0 radical (unpaired) electrons. The Hall–Kier alpha value is -7.48. The van der Waals surface area contributed by atoms with Crippen LogP contribution in [0.5, 0.6) is 0 Å². The first-order chi connectivity index (χ1) is 30.6. The number of nitrogens with one attached hydrogen (secondary N) is 1. The van der Waals surface area contributed by atoms with Gasteiger partial charge in [-0.3, -0.25) is 9.97 Å².